The van der Waals surface area contributed by atoms with Gasteiger partial charge in [-0.1, -0.05) is 30.3 Å². The number of benzene rings is 1. The Balaban J connectivity index is 2.29. The zero-order valence-electron chi connectivity index (χ0n) is 11.2. The molecule has 2 N–H and O–H groups in total. The number of ether oxygens (including phenoxy) is 2. The molecule has 0 aliphatic heterocycles. The van der Waals surface area contributed by atoms with Crippen molar-refractivity contribution in [2.45, 2.75) is 39.0 Å². The van der Waals surface area contributed by atoms with E-state index in [0.717, 1.165) is 5.56 Å². The highest BCUT2D eigenvalue weighted by atomic mass is 16.6. The summed E-state index contributed by atoms with van der Waals surface area (Å²) in [7, 11) is 0. The molecule has 1 atom stereocenters. The first kappa shape index (κ1) is 14.7. The summed E-state index contributed by atoms with van der Waals surface area (Å²) in [5, 5.41) is 0. The standard InChI is InChI=1S/C14H21NO3/c1-14(2,3)18-13(16)12(15)10-17-9-11-7-5-4-6-8-11/h4-8,12H,9-10,15H2,1-3H3. The molecule has 0 amide bonds. The Hall–Kier alpha value is -1.39. The van der Waals surface area contributed by atoms with E-state index in [9.17, 15) is 4.79 Å². The van der Waals surface area contributed by atoms with Crippen molar-refractivity contribution in [3.8, 4) is 0 Å². The Labute approximate surface area is 108 Å². The summed E-state index contributed by atoms with van der Waals surface area (Å²) in [4.78, 5) is 11.6. The fraction of sp³-hybridized carbons (Fsp3) is 0.500. The molecule has 0 saturated carbocycles. The van der Waals surface area contributed by atoms with Crippen LogP contribution in [0.25, 0.3) is 0 Å². The third-order valence-electron chi connectivity index (χ3n) is 2.12. The first-order valence-corrected chi connectivity index (χ1v) is 5.98. The number of hydrogen-bond acceptors (Lipinski definition) is 4. The van der Waals surface area contributed by atoms with Crippen LogP contribution < -0.4 is 5.73 Å². The number of nitrogens with two attached hydrogens (primary N) is 1. The van der Waals surface area contributed by atoms with Crippen LogP contribution in [0.3, 0.4) is 0 Å². The average Bonchev–Trinajstić information content (AvgIpc) is 2.28. The molecule has 0 aliphatic rings. The minimum atomic E-state index is -0.743. The lowest BCUT2D eigenvalue weighted by molar-refractivity contribution is -0.158. The van der Waals surface area contributed by atoms with Crippen molar-refractivity contribution in [1.82, 2.24) is 0 Å². The van der Waals surface area contributed by atoms with E-state index in [2.05, 4.69) is 0 Å². The van der Waals surface area contributed by atoms with E-state index in [1.807, 2.05) is 51.1 Å². The zero-order valence-corrected chi connectivity index (χ0v) is 11.2. The van der Waals surface area contributed by atoms with Gasteiger partial charge in [-0.2, -0.15) is 0 Å². The molecule has 0 heterocycles. The van der Waals surface area contributed by atoms with Crippen LogP contribution in [0.1, 0.15) is 26.3 Å². The number of rotatable bonds is 5. The number of carbonyl (C=O) groups excluding carboxylic acids is 1. The van der Waals surface area contributed by atoms with Gasteiger partial charge in [0.15, 0.2) is 0 Å². The molecule has 100 valence electrons. The van der Waals surface area contributed by atoms with Crippen molar-refractivity contribution in [1.29, 1.82) is 0 Å². The number of carbonyl (C=O) groups is 1. The fourth-order valence-electron chi connectivity index (χ4n) is 1.32. The van der Waals surface area contributed by atoms with E-state index in [1.165, 1.54) is 0 Å². The molecule has 0 spiro atoms. The summed E-state index contributed by atoms with van der Waals surface area (Å²) in [6.07, 6.45) is 0. The van der Waals surface area contributed by atoms with E-state index in [1.54, 1.807) is 0 Å². The maximum absolute atomic E-state index is 11.6. The lowest BCUT2D eigenvalue weighted by atomic mass is 10.2. The molecule has 18 heavy (non-hydrogen) atoms. The SMILES string of the molecule is CC(C)(C)OC(=O)C(N)COCc1ccccc1. The topological polar surface area (TPSA) is 61.5 Å². The van der Waals surface area contributed by atoms with Crippen molar-refractivity contribution in [3.05, 3.63) is 35.9 Å². The zero-order chi connectivity index (χ0) is 13.6. The smallest absolute Gasteiger partial charge is 0.325 e. The van der Waals surface area contributed by atoms with Gasteiger partial charge < -0.3 is 15.2 Å². The van der Waals surface area contributed by atoms with Gasteiger partial charge in [-0.25, -0.2) is 0 Å². The molecule has 0 bridgehead atoms. The van der Waals surface area contributed by atoms with E-state index >= 15 is 0 Å². The molecule has 4 heteroatoms. The lowest BCUT2D eigenvalue weighted by Gasteiger charge is -2.22. The van der Waals surface area contributed by atoms with Crippen molar-refractivity contribution >= 4 is 5.97 Å². The summed E-state index contributed by atoms with van der Waals surface area (Å²) in [5.41, 5.74) is 6.22. The summed E-state index contributed by atoms with van der Waals surface area (Å²) < 4.78 is 10.5. The van der Waals surface area contributed by atoms with Gasteiger partial charge in [-0.3, -0.25) is 4.79 Å². The van der Waals surface area contributed by atoms with Gasteiger partial charge in [-0.05, 0) is 26.3 Å². The second kappa shape index (κ2) is 6.52. The van der Waals surface area contributed by atoms with Gasteiger partial charge in [0.1, 0.15) is 11.6 Å². The largest absolute Gasteiger partial charge is 0.459 e. The molecular formula is C14H21NO3. The Morgan fingerprint density at radius 2 is 1.89 bits per heavy atom. The van der Waals surface area contributed by atoms with Crippen LogP contribution in [-0.4, -0.2) is 24.2 Å². The van der Waals surface area contributed by atoms with Crippen LogP contribution >= 0.6 is 0 Å². The Kier molecular flexibility index (Phi) is 5.31. The Morgan fingerprint density at radius 3 is 2.44 bits per heavy atom. The average molecular weight is 251 g/mol. The molecule has 1 aromatic rings. The molecule has 0 fully saturated rings. The fourth-order valence-corrected chi connectivity index (χ4v) is 1.32. The maximum Gasteiger partial charge on any atom is 0.325 e. The predicted octanol–water partition coefficient (Wildman–Crippen LogP) is 1.87. The molecule has 4 nitrogen and oxygen atoms in total. The van der Waals surface area contributed by atoms with E-state index in [0.29, 0.717) is 6.61 Å². The number of hydrogen-bond donors (Lipinski definition) is 1. The Bertz CT molecular complexity index is 370. The lowest BCUT2D eigenvalue weighted by Crippen LogP contribution is -2.40. The van der Waals surface area contributed by atoms with E-state index in [4.69, 9.17) is 15.2 Å². The van der Waals surface area contributed by atoms with E-state index in [-0.39, 0.29) is 6.61 Å². The van der Waals surface area contributed by atoms with Crippen molar-refractivity contribution in [2.75, 3.05) is 6.61 Å². The number of esters is 1. The van der Waals surface area contributed by atoms with Crippen LogP contribution in [0.5, 0.6) is 0 Å². The summed E-state index contributed by atoms with van der Waals surface area (Å²) in [6.45, 7) is 6.02. The molecular weight excluding hydrogens is 230 g/mol. The van der Waals surface area contributed by atoms with Gasteiger partial charge in [0.2, 0.25) is 0 Å². The third kappa shape index (κ3) is 5.80. The van der Waals surface area contributed by atoms with Crippen LogP contribution in [0.15, 0.2) is 30.3 Å². The molecule has 1 unspecified atom stereocenters. The normalized spacial score (nSPS) is 13.1. The molecule has 0 aliphatic carbocycles. The van der Waals surface area contributed by atoms with Crippen LogP contribution in [0.4, 0.5) is 0 Å². The molecule has 1 rings (SSSR count). The molecule has 0 saturated heterocycles. The van der Waals surface area contributed by atoms with Gasteiger partial charge in [0, 0.05) is 0 Å². The van der Waals surface area contributed by atoms with Crippen LogP contribution in [0.2, 0.25) is 0 Å². The highest BCUT2D eigenvalue weighted by Crippen LogP contribution is 2.08. The third-order valence-corrected chi connectivity index (χ3v) is 2.12. The van der Waals surface area contributed by atoms with Gasteiger partial charge in [0.05, 0.1) is 13.2 Å². The van der Waals surface area contributed by atoms with Gasteiger partial charge >= 0.3 is 5.97 Å². The van der Waals surface area contributed by atoms with Crippen molar-refractivity contribution < 1.29 is 14.3 Å². The molecule has 0 aromatic heterocycles. The highest BCUT2D eigenvalue weighted by Gasteiger charge is 2.22. The first-order chi connectivity index (χ1) is 8.38. The minimum Gasteiger partial charge on any atom is -0.459 e. The minimum absolute atomic E-state index is 0.157. The van der Waals surface area contributed by atoms with Crippen LogP contribution in [0, 0.1) is 0 Å². The first-order valence-electron chi connectivity index (χ1n) is 5.98. The second-order valence-corrected chi connectivity index (χ2v) is 5.14. The predicted molar refractivity (Wildman–Crippen MR) is 69.9 cm³/mol. The summed E-state index contributed by atoms with van der Waals surface area (Å²) in [6, 6.07) is 8.99. The van der Waals surface area contributed by atoms with Crippen molar-refractivity contribution in [2.24, 2.45) is 5.73 Å². The van der Waals surface area contributed by atoms with E-state index < -0.39 is 17.6 Å². The van der Waals surface area contributed by atoms with Gasteiger partial charge in [-0.15, -0.1) is 0 Å². The quantitative estimate of drug-likeness (QED) is 0.812. The Morgan fingerprint density at radius 1 is 1.28 bits per heavy atom. The van der Waals surface area contributed by atoms with Gasteiger partial charge in [0.25, 0.3) is 0 Å². The molecule has 0 radical (unpaired) electrons. The summed E-state index contributed by atoms with van der Waals surface area (Å²) in [5.74, 6) is -0.435. The molecule has 1 aromatic carbocycles. The second-order valence-electron chi connectivity index (χ2n) is 5.14. The van der Waals surface area contributed by atoms with Crippen molar-refractivity contribution in [3.63, 3.8) is 0 Å². The highest BCUT2D eigenvalue weighted by molar-refractivity contribution is 5.76. The van der Waals surface area contributed by atoms with Crippen LogP contribution in [-0.2, 0) is 20.9 Å². The summed E-state index contributed by atoms with van der Waals surface area (Å²) >= 11 is 0. The maximum atomic E-state index is 11.6. The monoisotopic (exact) mass is 251 g/mol.